The summed E-state index contributed by atoms with van der Waals surface area (Å²) >= 11 is 0. The molecule has 1 aromatic carbocycles. The minimum atomic E-state index is -4.46. The van der Waals surface area contributed by atoms with Crippen LogP contribution in [0.1, 0.15) is 44.8 Å². The third-order valence-electron chi connectivity index (χ3n) is 4.19. The molecule has 21 heavy (non-hydrogen) atoms. The van der Waals surface area contributed by atoms with E-state index in [9.17, 15) is 13.2 Å². The monoisotopic (exact) mass is 301 g/mol. The van der Waals surface area contributed by atoms with E-state index in [0.29, 0.717) is 0 Å². The van der Waals surface area contributed by atoms with E-state index in [1.54, 1.807) is 0 Å². The molecule has 0 aliphatic carbocycles. The molecule has 3 nitrogen and oxygen atoms in total. The van der Waals surface area contributed by atoms with E-state index in [4.69, 9.17) is 15.0 Å². The minimum absolute atomic E-state index is 0.0245. The third kappa shape index (κ3) is 2.95. The van der Waals surface area contributed by atoms with E-state index >= 15 is 0 Å². The van der Waals surface area contributed by atoms with E-state index in [-0.39, 0.29) is 5.56 Å². The lowest BCUT2D eigenvalue weighted by Crippen LogP contribution is -2.41. The van der Waals surface area contributed by atoms with E-state index in [1.807, 2.05) is 27.7 Å². The van der Waals surface area contributed by atoms with Crippen molar-refractivity contribution in [3.05, 3.63) is 35.4 Å². The fourth-order valence-corrected chi connectivity index (χ4v) is 2.23. The molecule has 0 amide bonds. The topological polar surface area (TPSA) is 44.5 Å². The second-order valence-electron chi connectivity index (χ2n) is 6.24. The van der Waals surface area contributed by atoms with Crippen molar-refractivity contribution in [3.63, 3.8) is 0 Å². The van der Waals surface area contributed by atoms with Crippen LogP contribution in [0.15, 0.2) is 24.3 Å². The van der Waals surface area contributed by atoms with Crippen molar-refractivity contribution in [1.82, 2.24) is 0 Å². The number of halogens is 3. The van der Waals surface area contributed by atoms with E-state index in [0.717, 1.165) is 6.07 Å². The predicted octanol–water partition coefficient (Wildman–Crippen LogP) is 3.34. The molecule has 1 aromatic rings. The van der Waals surface area contributed by atoms with Crippen molar-refractivity contribution in [2.75, 3.05) is 0 Å². The van der Waals surface area contributed by atoms with Gasteiger partial charge < -0.3 is 15.0 Å². The Kier molecular flexibility index (Phi) is 3.89. The van der Waals surface area contributed by atoms with Crippen molar-refractivity contribution < 1.29 is 22.5 Å². The summed E-state index contributed by atoms with van der Waals surface area (Å²) in [6.07, 6.45) is -4.46. The second kappa shape index (κ2) is 5.00. The molecule has 2 rings (SSSR count). The first kappa shape index (κ1) is 16.3. The Morgan fingerprint density at radius 3 is 2.00 bits per heavy atom. The molecular weight excluding hydrogens is 282 g/mol. The molecule has 2 N–H and O–H groups in total. The van der Waals surface area contributed by atoms with E-state index < -0.39 is 36.0 Å². The molecule has 7 heteroatoms. The Morgan fingerprint density at radius 2 is 1.52 bits per heavy atom. The van der Waals surface area contributed by atoms with Gasteiger partial charge in [0.15, 0.2) is 0 Å². The average Bonchev–Trinajstić information content (AvgIpc) is 2.56. The molecule has 0 spiro atoms. The van der Waals surface area contributed by atoms with Gasteiger partial charge in [-0.05, 0) is 39.3 Å². The van der Waals surface area contributed by atoms with E-state index in [1.165, 1.54) is 18.2 Å². The summed E-state index contributed by atoms with van der Waals surface area (Å²) in [5.41, 5.74) is 3.94. The summed E-state index contributed by atoms with van der Waals surface area (Å²) in [5, 5.41) is 0. The maximum absolute atomic E-state index is 13.1. The van der Waals surface area contributed by atoms with Crippen LogP contribution in [-0.4, -0.2) is 18.3 Å². The van der Waals surface area contributed by atoms with Gasteiger partial charge in [-0.15, -0.1) is 0 Å². The van der Waals surface area contributed by atoms with Crippen LogP contribution >= 0.6 is 0 Å². The van der Waals surface area contributed by atoms with Crippen LogP contribution in [0.5, 0.6) is 0 Å². The van der Waals surface area contributed by atoms with Crippen LogP contribution in [0, 0.1) is 0 Å². The molecule has 1 fully saturated rings. The van der Waals surface area contributed by atoms with Crippen LogP contribution in [0.3, 0.4) is 0 Å². The van der Waals surface area contributed by atoms with Crippen molar-refractivity contribution >= 4 is 7.12 Å². The summed E-state index contributed by atoms with van der Waals surface area (Å²) in [5.74, 6) is -1.01. The summed E-state index contributed by atoms with van der Waals surface area (Å²) in [4.78, 5) is 0. The number of rotatable bonds is 2. The third-order valence-corrected chi connectivity index (χ3v) is 4.19. The molecule has 0 bridgehead atoms. The normalized spacial score (nSPS) is 22.4. The Bertz CT molecular complexity index is 515. The van der Waals surface area contributed by atoms with Crippen LogP contribution < -0.4 is 5.73 Å². The van der Waals surface area contributed by atoms with Crippen molar-refractivity contribution in [2.45, 2.75) is 51.0 Å². The highest BCUT2D eigenvalue weighted by Crippen LogP contribution is 2.41. The maximum atomic E-state index is 13.1. The number of hydrogen-bond donors (Lipinski definition) is 1. The number of alkyl halides is 3. The fourth-order valence-electron chi connectivity index (χ4n) is 2.23. The molecule has 0 aromatic heterocycles. The standard InChI is InChI=1S/C14H19BF3NO2/c1-12(2)13(3,4)21-15(20-12)11(19)9-7-5-6-8-10(9)14(16,17)18/h5-8,11H,19H2,1-4H3/t11-/m0/s1. The van der Waals surface area contributed by atoms with Crippen LogP contribution in [-0.2, 0) is 15.5 Å². The lowest BCUT2D eigenvalue weighted by atomic mass is 9.73. The Balaban J connectivity index is 2.33. The Labute approximate surface area is 122 Å². The molecule has 1 saturated heterocycles. The van der Waals surface area contributed by atoms with Gasteiger partial charge in [-0.1, -0.05) is 18.2 Å². The lowest BCUT2D eigenvalue weighted by molar-refractivity contribution is -0.138. The first-order chi connectivity index (χ1) is 9.46. The molecular formula is C14H19BF3NO2. The largest absolute Gasteiger partial charge is 0.480 e. The summed E-state index contributed by atoms with van der Waals surface area (Å²) in [6.45, 7) is 7.32. The van der Waals surface area contributed by atoms with Crippen LogP contribution in [0.25, 0.3) is 0 Å². The average molecular weight is 301 g/mol. The maximum Gasteiger partial charge on any atom is 0.480 e. The zero-order valence-electron chi connectivity index (χ0n) is 12.5. The molecule has 1 aliphatic rings. The van der Waals surface area contributed by atoms with Gasteiger partial charge in [0.2, 0.25) is 0 Å². The first-order valence-corrected chi connectivity index (χ1v) is 6.73. The molecule has 1 atom stereocenters. The van der Waals surface area contributed by atoms with E-state index in [2.05, 4.69) is 0 Å². The van der Waals surface area contributed by atoms with Crippen LogP contribution in [0.4, 0.5) is 13.2 Å². The SMILES string of the molecule is CC1(C)OB([C@@H](N)c2ccccc2C(F)(F)F)OC1(C)C. The number of hydrogen-bond acceptors (Lipinski definition) is 3. The number of nitrogens with two attached hydrogens (primary N) is 1. The quantitative estimate of drug-likeness (QED) is 0.852. The molecule has 1 heterocycles. The molecule has 116 valence electrons. The molecule has 0 saturated carbocycles. The smallest absolute Gasteiger partial charge is 0.402 e. The van der Waals surface area contributed by atoms with Crippen molar-refractivity contribution in [1.29, 1.82) is 0 Å². The summed E-state index contributed by atoms with van der Waals surface area (Å²) < 4.78 is 50.7. The van der Waals surface area contributed by atoms with Crippen LogP contribution in [0.2, 0.25) is 0 Å². The van der Waals surface area contributed by atoms with Gasteiger partial charge in [-0.2, -0.15) is 13.2 Å². The zero-order chi connectivity index (χ0) is 16.1. The van der Waals surface area contributed by atoms with Gasteiger partial charge in [0.05, 0.1) is 22.7 Å². The van der Waals surface area contributed by atoms with Gasteiger partial charge in [0.1, 0.15) is 0 Å². The van der Waals surface area contributed by atoms with Crippen molar-refractivity contribution in [3.8, 4) is 0 Å². The molecule has 1 aliphatic heterocycles. The van der Waals surface area contributed by atoms with Gasteiger partial charge >= 0.3 is 13.3 Å². The van der Waals surface area contributed by atoms with Gasteiger partial charge in [-0.25, -0.2) is 0 Å². The van der Waals surface area contributed by atoms with Gasteiger partial charge in [0.25, 0.3) is 0 Å². The summed E-state index contributed by atoms with van der Waals surface area (Å²) in [7, 11) is -0.918. The Morgan fingerprint density at radius 1 is 1.05 bits per heavy atom. The fraction of sp³-hybridized carbons (Fsp3) is 0.571. The summed E-state index contributed by atoms with van der Waals surface area (Å²) in [6, 6.07) is 5.23. The highest BCUT2D eigenvalue weighted by Gasteiger charge is 2.54. The molecule has 0 unspecified atom stereocenters. The predicted molar refractivity (Wildman–Crippen MR) is 74.5 cm³/mol. The van der Waals surface area contributed by atoms with Crippen molar-refractivity contribution in [2.24, 2.45) is 5.73 Å². The second-order valence-corrected chi connectivity index (χ2v) is 6.24. The number of benzene rings is 1. The highest BCUT2D eigenvalue weighted by atomic mass is 19.4. The van der Waals surface area contributed by atoms with Gasteiger partial charge in [-0.3, -0.25) is 0 Å². The molecule has 0 radical (unpaired) electrons. The Hall–Kier alpha value is -1.05. The minimum Gasteiger partial charge on any atom is -0.402 e. The highest BCUT2D eigenvalue weighted by molar-refractivity contribution is 6.47. The van der Waals surface area contributed by atoms with Gasteiger partial charge in [0, 0.05) is 0 Å². The lowest BCUT2D eigenvalue weighted by Gasteiger charge is -2.32. The zero-order valence-corrected chi connectivity index (χ0v) is 12.5. The first-order valence-electron chi connectivity index (χ1n) is 6.73.